The maximum absolute atomic E-state index is 13.0. The zero-order valence-electron chi connectivity index (χ0n) is 19.7. The lowest BCUT2D eigenvalue weighted by Crippen LogP contribution is -2.50. The zero-order chi connectivity index (χ0) is 22.8. The van der Waals surface area contributed by atoms with Crippen LogP contribution in [0.4, 0.5) is 0 Å². The van der Waals surface area contributed by atoms with Crippen LogP contribution < -0.4 is 19.5 Å². The number of fused-ring (bicyclic) bond motifs is 2. The topological polar surface area (TPSA) is 60.0 Å². The van der Waals surface area contributed by atoms with Crippen molar-refractivity contribution in [2.75, 3.05) is 21.3 Å². The quantitative estimate of drug-likeness (QED) is 0.700. The van der Waals surface area contributed by atoms with Crippen LogP contribution in [0.3, 0.4) is 0 Å². The summed E-state index contributed by atoms with van der Waals surface area (Å²) >= 11 is 0. The van der Waals surface area contributed by atoms with E-state index in [2.05, 4.69) is 36.2 Å². The number of hydrogen-bond donors (Lipinski definition) is 1. The molecule has 0 spiro atoms. The predicted octanol–water partition coefficient (Wildman–Crippen LogP) is 4.25. The van der Waals surface area contributed by atoms with Crippen LogP contribution in [0.15, 0.2) is 30.3 Å². The molecule has 2 saturated heterocycles. The Kier molecular flexibility index (Phi) is 6.60. The molecular formula is C26H34N2O4. The number of ether oxygens (including phenoxy) is 3. The first-order valence-corrected chi connectivity index (χ1v) is 11.4. The highest BCUT2D eigenvalue weighted by Gasteiger charge is 2.41. The summed E-state index contributed by atoms with van der Waals surface area (Å²) < 4.78 is 16.1. The van der Waals surface area contributed by atoms with Gasteiger partial charge in [-0.3, -0.25) is 9.69 Å². The smallest absolute Gasteiger partial charge is 0.251 e. The molecule has 2 unspecified atom stereocenters. The van der Waals surface area contributed by atoms with Crippen LogP contribution in [0, 0.1) is 13.8 Å². The summed E-state index contributed by atoms with van der Waals surface area (Å²) in [6.45, 7) is 5.27. The third kappa shape index (κ3) is 4.42. The Morgan fingerprint density at radius 1 is 0.938 bits per heavy atom. The fraction of sp³-hybridized carbons (Fsp3) is 0.500. The minimum atomic E-state index is -0.0679. The van der Waals surface area contributed by atoms with E-state index in [1.807, 2.05) is 0 Å². The molecule has 2 bridgehead atoms. The molecule has 6 heteroatoms. The van der Waals surface area contributed by atoms with E-state index < -0.39 is 0 Å². The minimum absolute atomic E-state index is 0.0679. The van der Waals surface area contributed by atoms with E-state index in [1.165, 1.54) is 29.5 Å². The maximum Gasteiger partial charge on any atom is 0.251 e. The molecule has 0 radical (unpaired) electrons. The van der Waals surface area contributed by atoms with Crippen molar-refractivity contribution in [2.45, 2.75) is 64.2 Å². The summed E-state index contributed by atoms with van der Waals surface area (Å²) in [6, 6.07) is 10.8. The molecule has 1 N–H and O–H groups in total. The van der Waals surface area contributed by atoms with Gasteiger partial charge in [0, 0.05) is 36.3 Å². The van der Waals surface area contributed by atoms with Crippen LogP contribution in [-0.4, -0.2) is 50.3 Å². The third-order valence-corrected chi connectivity index (χ3v) is 7.26. The Balaban J connectivity index is 1.42. The van der Waals surface area contributed by atoms with Crippen molar-refractivity contribution in [3.8, 4) is 17.2 Å². The molecule has 4 rings (SSSR count). The Labute approximate surface area is 190 Å². The van der Waals surface area contributed by atoms with Gasteiger partial charge in [-0.2, -0.15) is 0 Å². The summed E-state index contributed by atoms with van der Waals surface area (Å²) in [5, 5.41) is 3.27. The van der Waals surface area contributed by atoms with Gasteiger partial charge in [0.25, 0.3) is 5.91 Å². The summed E-state index contributed by atoms with van der Waals surface area (Å²) in [5.74, 6) is 2.12. The van der Waals surface area contributed by atoms with Crippen LogP contribution in [0.25, 0.3) is 0 Å². The van der Waals surface area contributed by atoms with Gasteiger partial charge in [-0.15, -0.1) is 0 Å². The number of nitrogens with one attached hydrogen (secondary N) is 1. The maximum atomic E-state index is 13.0. The molecule has 2 fully saturated rings. The lowest BCUT2D eigenvalue weighted by Gasteiger charge is -2.39. The average molecular weight is 439 g/mol. The first-order chi connectivity index (χ1) is 15.4. The predicted molar refractivity (Wildman–Crippen MR) is 125 cm³/mol. The van der Waals surface area contributed by atoms with Gasteiger partial charge in [-0.1, -0.05) is 6.07 Å². The first-order valence-electron chi connectivity index (χ1n) is 11.4. The van der Waals surface area contributed by atoms with Crippen molar-refractivity contribution >= 4 is 5.91 Å². The second-order valence-electron chi connectivity index (χ2n) is 8.98. The van der Waals surface area contributed by atoms with Crippen molar-refractivity contribution in [1.29, 1.82) is 0 Å². The molecule has 172 valence electrons. The minimum Gasteiger partial charge on any atom is -0.497 e. The van der Waals surface area contributed by atoms with Crippen LogP contribution in [-0.2, 0) is 6.54 Å². The number of piperidine rings is 1. The lowest BCUT2D eigenvalue weighted by molar-refractivity contribution is 0.0826. The molecule has 2 aromatic rings. The lowest BCUT2D eigenvalue weighted by atomic mass is 9.94. The van der Waals surface area contributed by atoms with Gasteiger partial charge in [-0.25, -0.2) is 0 Å². The monoisotopic (exact) mass is 438 g/mol. The van der Waals surface area contributed by atoms with E-state index >= 15 is 0 Å². The molecule has 0 saturated carbocycles. The van der Waals surface area contributed by atoms with Crippen LogP contribution in [0.1, 0.15) is 52.7 Å². The Morgan fingerprint density at radius 2 is 1.56 bits per heavy atom. The van der Waals surface area contributed by atoms with Gasteiger partial charge in [0.1, 0.15) is 17.2 Å². The molecule has 2 aliphatic heterocycles. The van der Waals surface area contributed by atoms with Gasteiger partial charge in [-0.05, 0) is 74.4 Å². The molecule has 2 atom stereocenters. The first kappa shape index (κ1) is 22.5. The van der Waals surface area contributed by atoms with Crippen LogP contribution in [0.5, 0.6) is 17.2 Å². The molecular weight excluding hydrogens is 404 g/mol. The van der Waals surface area contributed by atoms with Gasteiger partial charge >= 0.3 is 0 Å². The third-order valence-electron chi connectivity index (χ3n) is 7.26. The van der Waals surface area contributed by atoms with Crippen molar-refractivity contribution < 1.29 is 19.0 Å². The zero-order valence-corrected chi connectivity index (χ0v) is 19.7. The number of nitrogens with zero attached hydrogens (tertiary/aromatic N) is 1. The van der Waals surface area contributed by atoms with E-state index in [0.717, 1.165) is 25.1 Å². The van der Waals surface area contributed by atoms with Gasteiger partial charge in [0.05, 0.1) is 21.3 Å². The number of amides is 1. The van der Waals surface area contributed by atoms with Crippen molar-refractivity contribution in [2.24, 2.45) is 0 Å². The molecule has 0 aliphatic carbocycles. The van der Waals surface area contributed by atoms with Crippen LogP contribution in [0.2, 0.25) is 0 Å². The summed E-state index contributed by atoms with van der Waals surface area (Å²) in [5.41, 5.74) is 4.46. The summed E-state index contributed by atoms with van der Waals surface area (Å²) in [4.78, 5) is 15.6. The molecule has 2 aliphatic rings. The summed E-state index contributed by atoms with van der Waals surface area (Å²) in [7, 11) is 4.91. The van der Waals surface area contributed by atoms with E-state index in [4.69, 9.17) is 14.2 Å². The van der Waals surface area contributed by atoms with E-state index in [9.17, 15) is 4.79 Å². The Bertz CT molecular complexity index is 954. The SMILES string of the molecule is COc1cc(OC)cc(C(=O)NC2CC3CCC(C2)N3Cc2ccc(OC)c(C)c2C)c1. The highest BCUT2D eigenvalue weighted by Crippen LogP contribution is 2.38. The second-order valence-corrected chi connectivity index (χ2v) is 8.98. The van der Waals surface area contributed by atoms with Crippen LogP contribution >= 0.6 is 0 Å². The molecule has 6 nitrogen and oxygen atoms in total. The number of carbonyl (C=O) groups excluding carboxylic acids is 1. The Hall–Kier alpha value is -2.73. The second kappa shape index (κ2) is 9.41. The molecule has 1 amide bonds. The largest absolute Gasteiger partial charge is 0.497 e. The standard InChI is InChI=1S/C26H34N2O4/c1-16-17(2)25(32-5)9-6-18(16)15-28-21-7-8-22(28)13-20(12-21)27-26(29)19-10-23(30-3)14-24(11-19)31-4/h6,9-11,14,20-22H,7-8,12-13,15H2,1-5H3,(H,27,29). The van der Waals surface area contributed by atoms with E-state index in [-0.39, 0.29) is 11.9 Å². The Morgan fingerprint density at radius 3 is 2.12 bits per heavy atom. The number of benzene rings is 2. The van der Waals surface area contributed by atoms with E-state index in [1.54, 1.807) is 39.5 Å². The molecule has 2 aromatic carbocycles. The molecule has 0 aromatic heterocycles. The number of hydrogen-bond acceptors (Lipinski definition) is 5. The normalized spacial score (nSPS) is 22.5. The van der Waals surface area contributed by atoms with Gasteiger partial charge < -0.3 is 19.5 Å². The van der Waals surface area contributed by atoms with E-state index in [0.29, 0.717) is 29.1 Å². The fourth-order valence-corrected chi connectivity index (χ4v) is 5.30. The van der Waals surface area contributed by atoms with Crippen molar-refractivity contribution in [3.05, 3.63) is 52.6 Å². The van der Waals surface area contributed by atoms with Gasteiger partial charge in [0.15, 0.2) is 0 Å². The van der Waals surface area contributed by atoms with Crippen molar-refractivity contribution in [1.82, 2.24) is 10.2 Å². The highest BCUT2D eigenvalue weighted by molar-refractivity contribution is 5.95. The molecule has 32 heavy (non-hydrogen) atoms. The van der Waals surface area contributed by atoms with Crippen molar-refractivity contribution in [3.63, 3.8) is 0 Å². The number of carbonyl (C=O) groups is 1. The average Bonchev–Trinajstić information content (AvgIpc) is 3.03. The highest BCUT2D eigenvalue weighted by atomic mass is 16.5. The van der Waals surface area contributed by atoms with Gasteiger partial charge in [0.2, 0.25) is 0 Å². The number of rotatable bonds is 7. The summed E-state index contributed by atoms with van der Waals surface area (Å²) in [6.07, 6.45) is 4.35. The fourth-order valence-electron chi connectivity index (χ4n) is 5.30. The molecule has 2 heterocycles. The number of methoxy groups -OCH3 is 3.